The van der Waals surface area contributed by atoms with Crippen LogP contribution < -0.4 is 5.32 Å². The predicted octanol–water partition coefficient (Wildman–Crippen LogP) is 1.09. The molecule has 1 heterocycles. The van der Waals surface area contributed by atoms with Gasteiger partial charge in [-0.3, -0.25) is 9.59 Å². The monoisotopic (exact) mass is 256 g/mol. The van der Waals surface area contributed by atoms with Crippen LogP contribution in [-0.2, 0) is 9.59 Å². The van der Waals surface area contributed by atoms with E-state index in [9.17, 15) is 9.59 Å². The highest BCUT2D eigenvalue weighted by Gasteiger charge is 2.38. The van der Waals surface area contributed by atoms with Crippen LogP contribution >= 0.6 is 0 Å². The van der Waals surface area contributed by atoms with Gasteiger partial charge >= 0.3 is 5.97 Å². The van der Waals surface area contributed by atoms with Crippen LogP contribution in [0.2, 0.25) is 0 Å². The summed E-state index contributed by atoms with van der Waals surface area (Å²) in [6.07, 6.45) is 3.09. The molecule has 1 amide bonds. The maximum absolute atomic E-state index is 12.3. The van der Waals surface area contributed by atoms with Crippen LogP contribution in [0.15, 0.2) is 0 Å². The number of amides is 1. The molecule has 0 aromatic carbocycles. The lowest BCUT2D eigenvalue weighted by Gasteiger charge is -2.29. The topological polar surface area (TPSA) is 69.6 Å². The number of carboxylic acid groups (broad SMARTS) is 1. The summed E-state index contributed by atoms with van der Waals surface area (Å²) in [4.78, 5) is 25.1. The molecule has 0 bridgehead atoms. The summed E-state index contributed by atoms with van der Waals surface area (Å²) < 4.78 is 0. The number of carbonyl (C=O) groups excluding carboxylic acids is 1. The van der Waals surface area contributed by atoms with Crippen LogP contribution in [-0.4, -0.2) is 47.1 Å². The zero-order valence-electron chi connectivity index (χ0n) is 11.5. The minimum absolute atomic E-state index is 0.00218. The number of carboxylic acids is 1. The number of hydrogen-bond acceptors (Lipinski definition) is 3. The molecule has 0 aliphatic carbocycles. The molecule has 1 atom stereocenters. The van der Waals surface area contributed by atoms with Crippen molar-refractivity contribution in [3.63, 3.8) is 0 Å². The minimum atomic E-state index is -0.839. The molecule has 1 fully saturated rings. The molecule has 18 heavy (non-hydrogen) atoms. The van der Waals surface area contributed by atoms with Crippen molar-refractivity contribution in [2.75, 3.05) is 19.6 Å². The van der Waals surface area contributed by atoms with E-state index in [1.165, 1.54) is 0 Å². The summed E-state index contributed by atoms with van der Waals surface area (Å²) in [6, 6.07) is 0. The average Bonchev–Trinajstić information content (AvgIpc) is 2.40. The van der Waals surface area contributed by atoms with Crippen molar-refractivity contribution in [1.82, 2.24) is 10.2 Å². The molecule has 5 heteroatoms. The van der Waals surface area contributed by atoms with Gasteiger partial charge in [-0.15, -0.1) is 0 Å². The highest BCUT2D eigenvalue weighted by atomic mass is 16.4. The van der Waals surface area contributed by atoms with E-state index in [1.807, 2.05) is 13.8 Å². The molecular weight excluding hydrogens is 232 g/mol. The fraction of sp³-hybridized carbons (Fsp3) is 0.846. The lowest BCUT2D eigenvalue weighted by Crippen LogP contribution is -2.51. The van der Waals surface area contributed by atoms with E-state index in [-0.39, 0.29) is 5.91 Å². The number of rotatable bonds is 5. The molecule has 0 saturated carbocycles. The summed E-state index contributed by atoms with van der Waals surface area (Å²) in [6.45, 7) is 7.04. The van der Waals surface area contributed by atoms with Gasteiger partial charge in [0.15, 0.2) is 0 Å². The summed E-state index contributed by atoms with van der Waals surface area (Å²) in [5.74, 6) is -1.35. The van der Waals surface area contributed by atoms with Gasteiger partial charge in [-0.1, -0.05) is 19.8 Å². The van der Waals surface area contributed by atoms with Crippen molar-refractivity contribution >= 4 is 11.9 Å². The van der Waals surface area contributed by atoms with Gasteiger partial charge in [-0.05, 0) is 20.3 Å². The summed E-state index contributed by atoms with van der Waals surface area (Å²) in [7, 11) is 0. The van der Waals surface area contributed by atoms with Crippen LogP contribution in [0.4, 0.5) is 0 Å². The molecule has 2 N–H and O–H groups in total. The molecule has 1 aliphatic rings. The summed E-state index contributed by atoms with van der Waals surface area (Å²) >= 11 is 0. The highest BCUT2D eigenvalue weighted by Crippen LogP contribution is 2.16. The first kappa shape index (κ1) is 15.0. The molecule has 1 saturated heterocycles. The Morgan fingerprint density at radius 1 is 1.50 bits per heavy atom. The molecule has 1 rings (SSSR count). The van der Waals surface area contributed by atoms with Gasteiger partial charge in [0.1, 0.15) is 0 Å². The number of carbonyl (C=O) groups is 2. The second-order valence-electron chi connectivity index (χ2n) is 5.50. The quantitative estimate of drug-likeness (QED) is 0.722. The largest absolute Gasteiger partial charge is 0.481 e. The summed E-state index contributed by atoms with van der Waals surface area (Å²) in [5.41, 5.74) is -0.670. The van der Waals surface area contributed by atoms with E-state index < -0.39 is 17.4 Å². The first-order valence-corrected chi connectivity index (χ1v) is 6.65. The number of hydrogen-bond donors (Lipinski definition) is 2. The molecule has 1 unspecified atom stereocenters. The van der Waals surface area contributed by atoms with Crippen LogP contribution in [0.25, 0.3) is 0 Å². The number of aliphatic carboxylic acids is 1. The van der Waals surface area contributed by atoms with Gasteiger partial charge in [0, 0.05) is 19.6 Å². The lowest BCUT2D eigenvalue weighted by atomic mass is 10.0. The molecule has 1 aliphatic heterocycles. The standard InChI is InChI=1S/C13H24N2O3/c1-4-5-6-7-15-9-10(11(16)17)8-14-13(2,3)12(15)18/h10,14H,4-9H2,1-3H3,(H,16,17). The Morgan fingerprint density at radius 3 is 2.72 bits per heavy atom. The van der Waals surface area contributed by atoms with Crippen molar-refractivity contribution in [2.24, 2.45) is 5.92 Å². The number of nitrogens with one attached hydrogen (secondary N) is 1. The Hall–Kier alpha value is -1.10. The fourth-order valence-electron chi connectivity index (χ4n) is 2.17. The number of unbranched alkanes of at least 4 members (excludes halogenated alkanes) is 2. The van der Waals surface area contributed by atoms with E-state index in [1.54, 1.807) is 4.90 Å². The number of nitrogens with zero attached hydrogens (tertiary/aromatic N) is 1. The Morgan fingerprint density at radius 2 is 2.17 bits per heavy atom. The Bertz CT molecular complexity index is 315. The maximum atomic E-state index is 12.3. The Balaban J connectivity index is 2.74. The minimum Gasteiger partial charge on any atom is -0.481 e. The first-order chi connectivity index (χ1) is 8.38. The molecule has 0 aromatic rings. The van der Waals surface area contributed by atoms with E-state index in [4.69, 9.17) is 5.11 Å². The van der Waals surface area contributed by atoms with Gasteiger partial charge < -0.3 is 15.3 Å². The molecule has 0 spiro atoms. The molecule has 5 nitrogen and oxygen atoms in total. The molecule has 0 radical (unpaired) electrons. The lowest BCUT2D eigenvalue weighted by molar-refractivity contribution is -0.142. The van der Waals surface area contributed by atoms with E-state index in [2.05, 4.69) is 12.2 Å². The molecule has 104 valence electrons. The highest BCUT2D eigenvalue weighted by molar-refractivity contribution is 5.86. The van der Waals surface area contributed by atoms with Crippen molar-refractivity contribution in [3.05, 3.63) is 0 Å². The van der Waals surface area contributed by atoms with Gasteiger partial charge in [0.2, 0.25) is 5.91 Å². The van der Waals surface area contributed by atoms with Crippen molar-refractivity contribution in [2.45, 2.75) is 45.6 Å². The average molecular weight is 256 g/mol. The second kappa shape index (κ2) is 6.18. The van der Waals surface area contributed by atoms with Gasteiger partial charge in [-0.25, -0.2) is 0 Å². The second-order valence-corrected chi connectivity index (χ2v) is 5.50. The van der Waals surface area contributed by atoms with Crippen molar-refractivity contribution < 1.29 is 14.7 Å². The van der Waals surface area contributed by atoms with Gasteiger partial charge in [0.25, 0.3) is 0 Å². The van der Waals surface area contributed by atoms with E-state index >= 15 is 0 Å². The Labute approximate surface area is 109 Å². The van der Waals surface area contributed by atoms with E-state index in [0.717, 1.165) is 19.3 Å². The van der Waals surface area contributed by atoms with Crippen molar-refractivity contribution in [3.8, 4) is 0 Å². The zero-order chi connectivity index (χ0) is 13.8. The van der Waals surface area contributed by atoms with Crippen LogP contribution in [0.1, 0.15) is 40.0 Å². The smallest absolute Gasteiger partial charge is 0.309 e. The zero-order valence-corrected chi connectivity index (χ0v) is 11.5. The summed E-state index contributed by atoms with van der Waals surface area (Å²) in [5, 5.41) is 12.2. The van der Waals surface area contributed by atoms with Crippen LogP contribution in [0, 0.1) is 5.92 Å². The first-order valence-electron chi connectivity index (χ1n) is 6.65. The Kier molecular flexibility index (Phi) is 5.14. The predicted molar refractivity (Wildman–Crippen MR) is 69.3 cm³/mol. The van der Waals surface area contributed by atoms with Gasteiger partial charge in [-0.2, -0.15) is 0 Å². The third-order valence-electron chi connectivity index (χ3n) is 3.43. The van der Waals surface area contributed by atoms with Gasteiger partial charge in [0.05, 0.1) is 11.5 Å². The molecule has 0 aromatic heterocycles. The van der Waals surface area contributed by atoms with Crippen LogP contribution in [0.3, 0.4) is 0 Å². The van der Waals surface area contributed by atoms with Crippen LogP contribution in [0.5, 0.6) is 0 Å². The van der Waals surface area contributed by atoms with E-state index in [0.29, 0.717) is 19.6 Å². The SMILES string of the molecule is CCCCCN1CC(C(=O)O)CNC(C)(C)C1=O. The van der Waals surface area contributed by atoms with Crippen molar-refractivity contribution in [1.29, 1.82) is 0 Å². The fourth-order valence-corrected chi connectivity index (χ4v) is 2.17. The third-order valence-corrected chi connectivity index (χ3v) is 3.43. The normalized spacial score (nSPS) is 23.8. The molecular formula is C13H24N2O3. The maximum Gasteiger partial charge on any atom is 0.309 e. The third kappa shape index (κ3) is 3.70.